The number of amides is 1. The summed E-state index contributed by atoms with van der Waals surface area (Å²) in [4.78, 5) is 11.9. The van der Waals surface area contributed by atoms with Crippen LogP contribution in [0.2, 0.25) is 10.0 Å². The van der Waals surface area contributed by atoms with E-state index in [0.717, 1.165) is 5.69 Å². The van der Waals surface area contributed by atoms with Crippen LogP contribution in [0, 0.1) is 6.92 Å². The summed E-state index contributed by atoms with van der Waals surface area (Å²) in [5.41, 5.74) is 1.85. The van der Waals surface area contributed by atoms with Crippen molar-refractivity contribution in [3.05, 3.63) is 45.7 Å². The Labute approximate surface area is 115 Å². The first-order valence-corrected chi connectivity index (χ1v) is 6.00. The van der Waals surface area contributed by atoms with Crippen molar-refractivity contribution >= 4 is 34.8 Å². The lowest BCUT2D eigenvalue weighted by molar-refractivity contribution is 0.102. The molecule has 0 radical (unpaired) electrons. The Kier molecular flexibility index (Phi) is 3.59. The summed E-state index contributed by atoms with van der Waals surface area (Å²) < 4.78 is 1.64. The number of carbonyl (C=O) groups excluding carboxylic acids is 1. The van der Waals surface area contributed by atoms with Crippen LogP contribution in [-0.2, 0) is 7.05 Å². The predicted molar refractivity (Wildman–Crippen MR) is 72.4 cm³/mol. The normalized spacial score (nSPS) is 10.4. The van der Waals surface area contributed by atoms with E-state index < -0.39 is 0 Å². The molecule has 4 nitrogen and oxygen atoms in total. The third-order valence-corrected chi connectivity index (χ3v) is 3.26. The third kappa shape index (κ3) is 2.66. The third-order valence-electron chi connectivity index (χ3n) is 2.52. The summed E-state index contributed by atoms with van der Waals surface area (Å²) in [7, 11) is 1.78. The lowest BCUT2D eigenvalue weighted by Gasteiger charge is -2.04. The second-order valence-electron chi connectivity index (χ2n) is 3.88. The van der Waals surface area contributed by atoms with E-state index in [1.54, 1.807) is 36.0 Å². The fraction of sp³-hybridized carbons (Fsp3) is 0.167. The van der Waals surface area contributed by atoms with Crippen LogP contribution in [0.4, 0.5) is 5.69 Å². The summed E-state index contributed by atoms with van der Waals surface area (Å²) in [5.74, 6) is -0.280. The van der Waals surface area contributed by atoms with Gasteiger partial charge in [-0.1, -0.05) is 23.2 Å². The van der Waals surface area contributed by atoms with Gasteiger partial charge in [0, 0.05) is 18.4 Å². The largest absolute Gasteiger partial charge is 0.321 e. The van der Waals surface area contributed by atoms with Gasteiger partial charge in [-0.3, -0.25) is 9.48 Å². The molecule has 0 saturated heterocycles. The molecule has 1 aromatic heterocycles. The van der Waals surface area contributed by atoms with Crippen molar-refractivity contribution in [2.24, 2.45) is 7.05 Å². The molecule has 1 heterocycles. The van der Waals surface area contributed by atoms with Crippen molar-refractivity contribution in [3.8, 4) is 0 Å². The van der Waals surface area contributed by atoms with Crippen molar-refractivity contribution in [3.63, 3.8) is 0 Å². The van der Waals surface area contributed by atoms with Gasteiger partial charge in [-0.2, -0.15) is 5.10 Å². The molecule has 0 spiro atoms. The second kappa shape index (κ2) is 5.00. The number of halogens is 2. The van der Waals surface area contributed by atoms with E-state index in [-0.39, 0.29) is 5.91 Å². The van der Waals surface area contributed by atoms with Crippen LogP contribution >= 0.6 is 23.2 Å². The molecule has 0 bridgehead atoms. The minimum atomic E-state index is -0.280. The van der Waals surface area contributed by atoms with Gasteiger partial charge < -0.3 is 5.32 Å². The number of benzene rings is 1. The van der Waals surface area contributed by atoms with Crippen LogP contribution in [0.15, 0.2) is 24.3 Å². The number of aryl methyl sites for hydroxylation is 2. The van der Waals surface area contributed by atoms with Crippen LogP contribution < -0.4 is 5.32 Å². The Morgan fingerprint density at radius 1 is 1.28 bits per heavy atom. The summed E-state index contributed by atoms with van der Waals surface area (Å²) in [6, 6.07) is 6.62. The molecule has 94 valence electrons. The number of aromatic nitrogens is 2. The highest BCUT2D eigenvalue weighted by Gasteiger charge is 2.11. The van der Waals surface area contributed by atoms with Gasteiger partial charge in [0.15, 0.2) is 5.69 Å². The maximum absolute atomic E-state index is 11.9. The molecule has 0 aliphatic carbocycles. The summed E-state index contributed by atoms with van der Waals surface area (Å²) in [6.45, 7) is 1.88. The molecule has 2 rings (SSSR count). The molecular formula is C12H11Cl2N3O. The zero-order valence-corrected chi connectivity index (χ0v) is 11.4. The molecule has 1 amide bonds. The van der Waals surface area contributed by atoms with Gasteiger partial charge in [-0.15, -0.1) is 0 Å². The predicted octanol–water partition coefficient (Wildman–Crippen LogP) is 3.29. The van der Waals surface area contributed by atoms with Gasteiger partial charge in [0.05, 0.1) is 10.0 Å². The minimum absolute atomic E-state index is 0.280. The smallest absolute Gasteiger partial charge is 0.276 e. The van der Waals surface area contributed by atoms with Gasteiger partial charge >= 0.3 is 0 Å². The van der Waals surface area contributed by atoms with Crippen LogP contribution in [-0.4, -0.2) is 15.7 Å². The Morgan fingerprint density at radius 3 is 2.56 bits per heavy atom. The van der Waals surface area contributed by atoms with Crippen molar-refractivity contribution in [2.75, 3.05) is 5.32 Å². The van der Waals surface area contributed by atoms with Crippen LogP contribution in [0.1, 0.15) is 16.2 Å². The van der Waals surface area contributed by atoms with E-state index in [4.69, 9.17) is 23.2 Å². The van der Waals surface area contributed by atoms with Gasteiger partial charge in [-0.25, -0.2) is 0 Å². The van der Waals surface area contributed by atoms with Crippen molar-refractivity contribution in [1.82, 2.24) is 9.78 Å². The lowest BCUT2D eigenvalue weighted by atomic mass is 10.3. The van der Waals surface area contributed by atoms with Gasteiger partial charge in [0.2, 0.25) is 0 Å². The maximum Gasteiger partial charge on any atom is 0.276 e. The van der Waals surface area contributed by atoms with Crippen LogP contribution in [0.5, 0.6) is 0 Å². The molecular weight excluding hydrogens is 273 g/mol. The van der Waals surface area contributed by atoms with Gasteiger partial charge in [0.1, 0.15) is 0 Å². The monoisotopic (exact) mass is 283 g/mol. The van der Waals surface area contributed by atoms with Crippen molar-refractivity contribution in [1.29, 1.82) is 0 Å². The number of anilines is 1. The Balaban J connectivity index is 2.18. The zero-order chi connectivity index (χ0) is 13.3. The highest BCUT2D eigenvalue weighted by molar-refractivity contribution is 6.42. The van der Waals surface area contributed by atoms with E-state index in [0.29, 0.717) is 21.4 Å². The summed E-state index contributed by atoms with van der Waals surface area (Å²) in [6.07, 6.45) is 0. The topological polar surface area (TPSA) is 46.9 Å². The minimum Gasteiger partial charge on any atom is -0.321 e. The highest BCUT2D eigenvalue weighted by atomic mass is 35.5. The molecule has 0 unspecified atom stereocenters. The Morgan fingerprint density at radius 2 is 2.00 bits per heavy atom. The van der Waals surface area contributed by atoms with Crippen LogP contribution in [0.3, 0.4) is 0 Å². The number of hydrogen-bond acceptors (Lipinski definition) is 2. The fourth-order valence-electron chi connectivity index (χ4n) is 1.44. The number of rotatable bonds is 2. The molecule has 0 atom stereocenters. The van der Waals surface area contributed by atoms with E-state index >= 15 is 0 Å². The van der Waals surface area contributed by atoms with E-state index in [1.807, 2.05) is 6.92 Å². The molecule has 0 aliphatic heterocycles. The first kappa shape index (κ1) is 12.9. The Bertz CT molecular complexity index is 588. The second-order valence-corrected chi connectivity index (χ2v) is 4.69. The molecule has 2 aromatic rings. The van der Waals surface area contributed by atoms with Gasteiger partial charge in [-0.05, 0) is 31.2 Å². The molecule has 1 N–H and O–H groups in total. The molecule has 0 saturated carbocycles. The first-order valence-electron chi connectivity index (χ1n) is 5.24. The maximum atomic E-state index is 11.9. The number of hydrogen-bond donors (Lipinski definition) is 1. The zero-order valence-electron chi connectivity index (χ0n) is 9.87. The van der Waals surface area contributed by atoms with E-state index in [2.05, 4.69) is 10.4 Å². The highest BCUT2D eigenvalue weighted by Crippen LogP contribution is 2.25. The SMILES string of the molecule is Cc1cc(C(=O)Nc2ccc(Cl)c(Cl)c2)nn1C. The van der Waals surface area contributed by atoms with Gasteiger partial charge in [0.25, 0.3) is 5.91 Å². The molecule has 1 aromatic carbocycles. The van der Waals surface area contributed by atoms with E-state index in [9.17, 15) is 4.79 Å². The summed E-state index contributed by atoms with van der Waals surface area (Å²) >= 11 is 11.7. The average Bonchev–Trinajstić information content (AvgIpc) is 2.65. The van der Waals surface area contributed by atoms with Crippen molar-refractivity contribution < 1.29 is 4.79 Å². The van der Waals surface area contributed by atoms with Crippen LogP contribution in [0.25, 0.3) is 0 Å². The standard InChI is InChI=1S/C12H11Cl2N3O/c1-7-5-11(16-17(7)2)12(18)15-8-3-4-9(13)10(14)6-8/h3-6H,1-2H3,(H,15,18). The molecule has 0 aliphatic rings. The fourth-order valence-corrected chi connectivity index (χ4v) is 1.74. The Hall–Kier alpha value is -1.52. The first-order chi connectivity index (χ1) is 8.47. The average molecular weight is 284 g/mol. The lowest BCUT2D eigenvalue weighted by Crippen LogP contribution is -2.12. The van der Waals surface area contributed by atoms with E-state index in [1.165, 1.54) is 0 Å². The number of nitrogens with one attached hydrogen (secondary N) is 1. The van der Waals surface area contributed by atoms with Crippen molar-refractivity contribution in [2.45, 2.75) is 6.92 Å². The quantitative estimate of drug-likeness (QED) is 0.919. The molecule has 18 heavy (non-hydrogen) atoms. The number of nitrogens with zero attached hydrogens (tertiary/aromatic N) is 2. The summed E-state index contributed by atoms with van der Waals surface area (Å²) in [5, 5.41) is 7.64. The molecule has 6 heteroatoms. The molecule has 0 fully saturated rings. The number of carbonyl (C=O) groups is 1.